The summed E-state index contributed by atoms with van der Waals surface area (Å²) >= 11 is 0. The van der Waals surface area contributed by atoms with Gasteiger partial charge in [0.05, 0.1) is 11.7 Å². The summed E-state index contributed by atoms with van der Waals surface area (Å²) in [6.45, 7) is 0.590. The zero-order valence-corrected chi connectivity index (χ0v) is 7.62. The third kappa shape index (κ3) is 1.73. The lowest BCUT2D eigenvalue weighted by Crippen LogP contribution is -1.95. The average Bonchev–Trinajstić information content (AvgIpc) is 2.65. The van der Waals surface area contributed by atoms with Crippen molar-refractivity contribution in [3.05, 3.63) is 24.0 Å². The number of nitrogens with two attached hydrogens (primary N) is 1. The molecule has 2 aromatic heterocycles. The van der Waals surface area contributed by atoms with E-state index < -0.39 is 0 Å². The summed E-state index contributed by atoms with van der Waals surface area (Å²) in [4.78, 5) is 4.19. The number of nitrogens with one attached hydrogen (secondary N) is 1. The fourth-order valence-electron chi connectivity index (χ4n) is 1.14. The van der Waals surface area contributed by atoms with Crippen molar-refractivity contribution >= 4 is 11.0 Å². The number of pyridine rings is 1. The van der Waals surface area contributed by atoms with Crippen molar-refractivity contribution in [2.45, 2.75) is 6.42 Å². The molecule has 2 rings (SSSR count). The Balaban J connectivity index is 2.31. The molecule has 0 unspecified atom stereocenters. The maximum Gasteiger partial charge on any atom is 0.108 e. The maximum absolute atomic E-state index is 5.33. The first-order valence-electron chi connectivity index (χ1n) is 4.38. The Morgan fingerprint density at radius 2 is 2.36 bits per heavy atom. The monoisotopic (exact) mass is 186 g/mol. The van der Waals surface area contributed by atoms with Crippen molar-refractivity contribution in [2.24, 2.45) is 5.73 Å². The Labute approximate surface area is 81.5 Å². The smallest absolute Gasteiger partial charge is 0.108 e. The van der Waals surface area contributed by atoms with E-state index in [4.69, 9.17) is 5.73 Å². The minimum absolute atomic E-state index is 0.590. The van der Waals surface area contributed by atoms with E-state index in [1.54, 1.807) is 12.4 Å². The van der Waals surface area contributed by atoms with Crippen molar-refractivity contribution in [3.8, 4) is 11.8 Å². The SMILES string of the molecule is NCCC#Cc1cnc2cn[nH]c2c1. The summed E-state index contributed by atoms with van der Waals surface area (Å²) in [5, 5.41) is 6.73. The van der Waals surface area contributed by atoms with Crippen LogP contribution < -0.4 is 5.73 Å². The molecule has 0 fully saturated rings. The van der Waals surface area contributed by atoms with Crippen LogP contribution in [0.5, 0.6) is 0 Å². The third-order valence-electron chi connectivity index (χ3n) is 1.79. The highest BCUT2D eigenvalue weighted by Crippen LogP contribution is 2.07. The standard InChI is InChI=1S/C10H10N4/c11-4-2-1-3-8-5-9-10(12-6-8)7-13-14-9/h5-7H,2,4,11H2,(H,13,14). The van der Waals surface area contributed by atoms with E-state index in [-0.39, 0.29) is 0 Å². The summed E-state index contributed by atoms with van der Waals surface area (Å²) in [5.74, 6) is 5.95. The van der Waals surface area contributed by atoms with E-state index in [2.05, 4.69) is 27.0 Å². The van der Waals surface area contributed by atoms with E-state index in [1.807, 2.05) is 6.07 Å². The number of fused-ring (bicyclic) bond motifs is 1. The molecule has 0 saturated carbocycles. The molecule has 0 atom stereocenters. The highest BCUT2D eigenvalue weighted by molar-refractivity contribution is 5.74. The first kappa shape index (κ1) is 8.73. The Kier molecular flexibility index (Phi) is 2.43. The minimum atomic E-state index is 0.590. The molecule has 0 spiro atoms. The number of hydrogen-bond donors (Lipinski definition) is 2. The van der Waals surface area contributed by atoms with Crippen LogP contribution in [0.25, 0.3) is 11.0 Å². The van der Waals surface area contributed by atoms with Gasteiger partial charge in [-0.05, 0) is 6.07 Å². The van der Waals surface area contributed by atoms with Gasteiger partial charge in [0.15, 0.2) is 0 Å². The molecular weight excluding hydrogens is 176 g/mol. The van der Waals surface area contributed by atoms with Crippen LogP contribution >= 0.6 is 0 Å². The molecule has 4 heteroatoms. The first-order valence-corrected chi connectivity index (χ1v) is 4.38. The number of nitrogens with zero attached hydrogens (tertiary/aromatic N) is 2. The van der Waals surface area contributed by atoms with Crippen LogP contribution in [0.4, 0.5) is 0 Å². The molecule has 0 saturated heterocycles. The van der Waals surface area contributed by atoms with Crippen LogP contribution in [-0.2, 0) is 0 Å². The molecule has 2 aromatic rings. The molecule has 0 aliphatic carbocycles. The number of aromatic nitrogens is 3. The number of H-pyrrole nitrogens is 1. The summed E-state index contributed by atoms with van der Waals surface area (Å²) in [5.41, 5.74) is 7.98. The Morgan fingerprint density at radius 1 is 1.43 bits per heavy atom. The summed E-state index contributed by atoms with van der Waals surface area (Å²) < 4.78 is 0. The molecule has 4 nitrogen and oxygen atoms in total. The fraction of sp³-hybridized carbons (Fsp3) is 0.200. The van der Waals surface area contributed by atoms with E-state index in [9.17, 15) is 0 Å². The lowest BCUT2D eigenvalue weighted by Gasteiger charge is -1.89. The lowest BCUT2D eigenvalue weighted by molar-refractivity contribution is 1.03. The van der Waals surface area contributed by atoms with Gasteiger partial charge >= 0.3 is 0 Å². The third-order valence-corrected chi connectivity index (χ3v) is 1.79. The molecule has 0 radical (unpaired) electrons. The molecule has 3 N–H and O–H groups in total. The summed E-state index contributed by atoms with van der Waals surface area (Å²) in [7, 11) is 0. The molecule has 0 aromatic carbocycles. The Bertz CT molecular complexity index is 489. The largest absolute Gasteiger partial charge is 0.330 e. The second-order valence-corrected chi connectivity index (χ2v) is 2.87. The highest BCUT2D eigenvalue weighted by Gasteiger charge is 1.96. The molecule has 70 valence electrons. The van der Waals surface area contributed by atoms with Crippen molar-refractivity contribution in [3.63, 3.8) is 0 Å². The second-order valence-electron chi connectivity index (χ2n) is 2.87. The van der Waals surface area contributed by atoms with Gasteiger partial charge in [-0.3, -0.25) is 10.1 Å². The quantitative estimate of drug-likeness (QED) is 0.643. The second kappa shape index (κ2) is 3.90. The van der Waals surface area contributed by atoms with Crippen LogP contribution in [0.1, 0.15) is 12.0 Å². The topological polar surface area (TPSA) is 67.6 Å². The van der Waals surface area contributed by atoms with Crippen molar-refractivity contribution in [1.82, 2.24) is 15.2 Å². The van der Waals surface area contributed by atoms with Gasteiger partial charge in [-0.15, -0.1) is 0 Å². The molecule has 0 bridgehead atoms. The van der Waals surface area contributed by atoms with E-state index in [1.165, 1.54) is 0 Å². The predicted octanol–water partition coefficient (Wildman–Crippen LogP) is 0.658. The average molecular weight is 186 g/mol. The molecule has 0 aliphatic rings. The number of rotatable bonds is 1. The Hall–Kier alpha value is -1.86. The van der Waals surface area contributed by atoms with Crippen LogP contribution in [0.15, 0.2) is 18.5 Å². The molecule has 14 heavy (non-hydrogen) atoms. The van der Waals surface area contributed by atoms with Crippen LogP contribution in [0, 0.1) is 11.8 Å². The van der Waals surface area contributed by atoms with Crippen LogP contribution in [0.3, 0.4) is 0 Å². The first-order chi connectivity index (χ1) is 6.90. The molecular formula is C10H10N4. The normalized spacial score (nSPS) is 9.79. The van der Waals surface area contributed by atoms with E-state index >= 15 is 0 Å². The van der Waals surface area contributed by atoms with E-state index in [0.717, 1.165) is 16.6 Å². The fourth-order valence-corrected chi connectivity index (χ4v) is 1.14. The van der Waals surface area contributed by atoms with Crippen molar-refractivity contribution in [2.75, 3.05) is 6.54 Å². The molecule has 0 aliphatic heterocycles. The van der Waals surface area contributed by atoms with Gasteiger partial charge in [-0.2, -0.15) is 5.10 Å². The van der Waals surface area contributed by atoms with Crippen molar-refractivity contribution < 1.29 is 0 Å². The number of hydrogen-bond acceptors (Lipinski definition) is 3. The summed E-state index contributed by atoms with van der Waals surface area (Å²) in [6, 6.07) is 1.93. The number of aromatic amines is 1. The molecule has 0 amide bonds. The summed E-state index contributed by atoms with van der Waals surface area (Å²) in [6.07, 6.45) is 4.13. The zero-order chi connectivity index (χ0) is 9.80. The van der Waals surface area contributed by atoms with Crippen LogP contribution in [-0.4, -0.2) is 21.7 Å². The molecule has 2 heterocycles. The maximum atomic E-state index is 5.33. The van der Waals surface area contributed by atoms with Gasteiger partial charge in [0, 0.05) is 24.7 Å². The van der Waals surface area contributed by atoms with Crippen molar-refractivity contribution in [1.29, 1.82) is 0 Å². The Morgan fingerprint density at radius 3 is 3.21 bits per heavy atom. The van der Waals surface area contributed by atoms with E-state index in [0.29, 0.717) is 13.0 Å². The van der Waals surface area contributed by atoms with Gasteiger partial charge in [0.1, 0.15) is 5.52 Å². The van der Waals surface area contributed by atoms with Gasteiger partial charge in [0.2, 0.25) is 0 Å². The lowest BCUT2D eigenvalue weighted by atomic mass is 10.2. The minimum Gasteiger partial charge on any atom is -0.330 e. The van der Waals surface area contributed by atoms with Gasteiger partial charge in [0.25, 0.3) is 0 Å². The van der Waals surface area contributed by atoms with Gasteiger partial charge in [-0.1, -0.05) is 11.8 Å². The van der Waals surface area contributed by atoms with Gasteiger partial charge in [-0.25, -0.2) is 0 Å². The predicted molar refractivity (Wildman–Crippen MR) is 54.4 cm³/mol. The highest BCUT2D eigenvalue weighted by atomic mass is 15.1. The zero-order valence-electron chi connectivity index (χ0n) is 7.62. The van der Waals surface area contributed by atoms with Crippen LogP contribution in [0.2, 0.25) is 0 Å². The van der Waals surface area contributed by atoms with Gasteiger partial charge < -0.3 is 5.73 Å².